The molecule has 0 aromatic carbocycles. The molecule has 0 amide bonds. The fourth-order valence-corrected chi connectivity index (χ4v) is 0.426. The summed E-state index contributed by atoms with van der Waals surface area (Å²) >= 11 is 5.25. The lowest BCUT2D eigenvalue weighted by Gasteiger charge is -2.06. The SMILES string of the molecule is CC(C)OC(=O)OCCCl. The molecule has 0 saturated carbocycles. The van der Waals surface area contributed by atoms with Crippen LogP contribution in [0.1, 0.15) is 13.8 Å². The van der Waals surface area contributed by atoms with Gasteiger partial charge < -0.3 is 9.47 Å². The monoisotopic (exact) mass is 166 g/mol. The van der Waals surface area contributed by atoms with E-state index in [9.17, 15) is 4.79 Å². The Morgan fingerprint density at radius 3 is 2.60 bits per heavy atom. The first-order valence-electron chi connectivity index (χ1n) is 3.06. The molecule has 0 heterocycles. The molecule has 0 aliphatic heterocycles. The minimum absolute atomic E-state index is 0.136. The van der Waals surface area contributed by atoms with E-state index in [0.29, 0.717) is 5.88 Å². The number of alkyl halides is 1. The van der Waals surface area contributed by atoms with E-state index in [1.165, 1.54) is 0 Å². The Kier molecular flexibility index (Phi) is 5.12. The Labute approximate surface area is 65.3 Å². The molecule has 0 unspecified atom stereocenters. The number of halogens is 1. The molecule has 0 radical (unpaired) electrons. The molecule has 0 N–H and O–H groups in total. The Hall–Kier alpha value is -0.440. The third kappa shape index (κ3) is 5.69. The molecule has 60 valence electrons. The van der Waals surface area contributed by atoms with Crippen LogP contribution in [-0.4, -0.2) is 24.7 Å². The van der Waals surface area contributed by atoms with E-state index in [-0.39, 0.29) is 12.7 Å². The van der Waals surface area contributed by atoms with Crippen LogP contribution in [0.25, 0.3) is 0 Å². The predicted octanol–water partition coefficient (Wildman–Crippen LogP) is 1.79. The summed E-state index contributed by atoms with van der Waals surface area (Å²) in [6, 6.07) is 0. The summed E-state index contributed by atoms with van der Waals surface area (Å²) in [6.07, 6.45) is -0.793. The van der Waals surface area contributed by atoms with Gasteiger partial charge in [-0.15, -0.1) is 11.6 Å². The summed E-state index contributed by atoms with van der Waals surface area (Å²) in [7, 11) is 0. The first-order chi connectivity index (χ1) is 4.66. The van der Waals surface area contributed by atoms with E-state index < -0.39 is 6.16 Å². The Morgan fingerprint density at radius 1 is 1.60 bits per heavy atom. The molecular weight excluding hydrogens is 156 g/mol. The molecule has 0 aromatic heterocycles. The van der Waals surface area contributed by atoms with Crippen molar-refractivity contribution in [3.63, 3.8) is 0 Å². The van der Waals surface area contributed by atoms with E-state index in [2.05, 4.69) is 9.47 Å². The number of hydrogen-bond acceptors (Lipinski definition) is 3. The van der Waals surface area contributed by atoms with Gasteiger partial charge in [-0.2, -0.15) is 0 Å². The van der Waals surface area contributed by atoms with Crippen LogP contribution >= 0.6 is 11.6 Å². The maximum atomic E-state index is 10.5. The third-order valence-electron chi connectivity index (χ3n) is 0.629. The van der Waals surface area contributed by atoms with Gasteiger partial charge in [0.1, 0.15) is 6.61 Å². The van der Waals surface area contributed by atoms with Gasteiger partial charge in [-0.25, -0.2) is 4.79 Å². The Morgan fingerprint density at radius 2 is 2.20 bits per heavy atom. The summed E-state index contributed by atoms with van der Waals surface area (Å²) in [4.78, 5) is 10.5. The summed E-state index contributed by atoms with van der Waals surface area (Å²) < 4.78 is 9.14. The van der Waals surface area contributed by atoms with E-state index in [0.717, 1.165) is 0 Å². The van der Waals surface area contributed by atoms with Gasteiger partial charge in [-0.3, -0.25) is 0 Å². The summed E-state index contributed by atoms with van der Waals surface area (Å²) in [5.41, 5.74) is 0. The zero-order valence-electron chi connectivity index (χ0n) is 6.09. The number of hydrogen-bond donors (Lipinski definition) is 0. The van der Waals surface area contributed by atoms with Crippen molar-refractivity contribution in [1.29, 1.82) is 0 Å². The Bertz CT molecular complexity index is 103. The zero-order chi connectivity index (χ0) is 7.98. The van der Waals surface area contributed by atoms with Gasteiger partial charge in [0.2, 0.25) is 0 Å². The first-order valence-corrected chi connectivity index (χ1v) is 3.59. The van der Waals surface area contributed by atoms with Crippen molar-refractivity contribution >= 4 is 17.8 Å². The van der Waals surface area contributed by atoms with Gasteiger partial charge in [0.05, 0.1) is 12.0 Å². The van der Waals surface area contributed by atoms with Crippen molar-refractivity contribution in [3.05, 3.63) is 0 Å². The smallest absolute Gasteiger partial charge is 0.433 e. The van der Waals surface area contributed by atoms with Crippen LogP contribution in [0.2, 0.25) is 0 Å². The number of rotatable bonds is 3. The molecular formula is C6H11ClO3. The topological polar surface area (TPSA) is 35.5 Å². The quantitative estimate of drug-likeness (QED) is 0.474. The van der Waals surface area contributed by atoms with Gasteiger partial charge in [0.25, 0.3) is 0 Å². The van der Waals surface area contributed by atoms with E-state index in [1.807, 2.05) is 0 Å². The fraction of sp³-hybridized carbons (Fsp3) is 0.833. The van der Waals surface area contributed by atoms with Crippen molar-refractivity contribution in [3.8, 4) is 0 Å². The predicted molar refractivity (Wildman–Crippen MR) is 38.3 cm³/mol. The lowest BCUT2D eigenvalue weighted by molar-refractivity contribution is 0.0383. The van der Waals surface area contributed by atoms with Crippen molar-refractivity contribution in [1.82, 2.24) is 0 Å². The van der Waals surface area contributed by atoms with Gasteiger partial charge in [0, 0.05) is 0 Å². The summed E-state index contributed by atoms with van der Waals surface area (Å²) in [5.74, 6) is 0.299. The van der Waals surface area contributed by atoms with E-state index in [1.54, 1.807) is 13.8 Å². The van der Waals surface area contributed by atoms with Crippen LogP contribution in [-0.2, 0) is 9.47 Å². The Balaban J connectivity index is 3.26. The molecule has 3 nitrogen and oxygen atoms in total. The first kappa shape index (κ1) is 9.56. The van der Waals surface area contributed by atoms with Crippen LogP contribution in [0.15, 0.2) is 0 Å². The summed E-state index contributed by atoms with van der Waals surface area (Å²) in [5, 5.41) is 0. The van der Waals surface area contributed by atoms with Gasteiger partial charge in [-0.1, -0.05) is 0 Å². The maximum absolute atomic E-state index is 10.5. The van der Waals surface area contributed by atoms with E-state index in [4.69, 9.17) is 11.6 Å². The molecule has 0 atom stereocenters. The number of ether oxygens (including phenoxy) is 2. The molecule has 0 spiro atoms. The number of carbonyl (C=O) groups excluding carboxylic acids is 1. The van der Waals surface area contributed by atoms with Crippen molar-refractivity contribution in [2.75, 3.05) is 12.5 Å². The highest BCUT2D eigenvalue weighted by Crippen LogP contribution is 1.92. The molecule has 10 heavy (non-hydrogen) atoms. The lowest BCUT2D eigenvalue weighted by Crippen LogP contribution is -2.13. The number of carbonyl (C=O) groups is 1. The fourth-order valence-electron chi connectivity index (χ4n) is 0.348. The van der Waals surface area contributed by atoms with Crippen molar-refractivity contribution in [2.24, 2.45) is 0 Å². The van der Waals surface area contributed by atoms with Gasteiger partial charge >= 0.3 is 6.16 Å². The van der Waals surface area contributed by atoms with Crippen molar-refractivity contribution in [2.45, 2.75) is 20.0 Å². The van der Waals surface area contributed by atoms with Crippen LogP contribution < -0.4 is 0 Å². The lowest BCUT2D eigenvalue weighted by atomic mass is 10.5. The molecule has 0 aromatic rings. The second-order valence-corrected chi connectivity index (χ2v) is 2.33. The van der Waals surface area contributed by atoms with E-state index >= 15 is 0 Å². The largest absolute Gasteiger partial charge is 0.508 e. The average Bonchev–Trinajstić information content (AvgIpc) is 1.82. The molecule has 0 aliphatic carbocycles. The third-order valence-corrected chi connectivity index (χ3v) is 0.783. The average molecular weight is 167 g/mol. The second kappa shape index (κ2) is 5.35. The highest BCUT2D eigenvalue weighted by atomic mass is 35.5. The van der Waals surface area contributed by atoms with Crippen LogP contribution in [0.4, 0.5) is 4.79 Å². The molecule has 0 fully saturated rings. The minimum Gasteiger partial charge on any atom is -0.433 e. The van der Waals surface area contributed by atoms with Gasteiger partial charge in [-0.05, 0) is 13.8 Å². The summed E-state index contributed by atoms with van der Waals surface area (Å²) in [6.45, 7) is 3.71. The van der Waals surface area contributed by atoms with Crippen LogP contribution in [0.3, 0.4) is 0 Å². The minimum atomic E-state index is -0.657. The zero-order valence-corrected chi connectivity index (χ0v) is 6.85. The molecule has 0 aliphatic rings. The normalized spacial score (nSPS) is 9.60. The van der Waals surface area contributed by atoms with Gasteiger partial charge in [0.15, 0.2) is 0 Å². The van der Waals surface area contributed by atoms with Crippen molar-refractivity contribution < 1.29 is 14.3 Å². The molecule has 0 saturated heterocycles. The molecule has 0 bridgehead atoms. The van der Waals surface area contributed by atoms with Crippen LogP contribution in [0.5, 0.6) is 0 Å². The maximum Gasteiger partial charge on any atom is 0.508 e. The molecule has 0 rings (SSSR count). The standard InChI is InChI=1S/C6H11ClO3/c1-5(2)10-6(8)9-4-3-7/h5H,3-4H2,1-2H3. The second-order valence-electron chi connectivity index (χ2n) is 1.95. The molecule has 4 heteroatoms. The van der Waals surface area contributed by atoms with Crippen LogP contribution in [0, 0.1) is 0 Å². The highest BCUT2D eigenvalue weighted by molar-refractivity contribution is 6.18. The highest BCUT2D eigenvalue weighted by Gasteiger charge is 2.04.